The Morgan fingerprint density at radius 2 is 2.15 bits per heavy atom. The van der Waals surface area contributed by atoms with Gasteiger partial charge in [-0.25, -0.2) is 4.39 Å². The van der Waals surface area contributed by atoms with Crippen molar-refractivity contribution in [3.8, 4) is 0 Å². The van der Waals surface area contributed by atoms with Crippen LogP contribution >= 0.6 is 15.9 Å². The lowest BCUT2D eigenvalue weighted by Crippen LogP contribution is -2.10. The van der Waals surface area contributed by atoms with E-state index in [1.165, 1.54) is 0 Å². The molecule has 0 heterocycles. The molecule has 0 saturated carbocycles. The smallest absolute Gasteiger partial charge is 0.140 e. The molecule has 1 aromatic rings. The summed E-state index contributed by atoms with van der Waals surface area (Å²) in [5.41, 5.74) is 7.11. The van der Waals surface area contributed by atoms with Gasteiger partial charge in [0.2, 0.25) is 0 Å². The molecular formula is C10H13BrFN. The number of halogens is 2. The van der Waals surface area contributed by atoms with Crippen LogP contribution in [0.25, 0.3) is 0 Å². The topological polar surface area (TPSA) is 26.0 Å². The van der Waals surface area contributed by atoms with E-state index < -0.39 is 0 Å². The predicted molar refractivity (Wildman–Crippen MR) is 56.3 cm³/mol. The highest BCUT2D eigenvalue weighted by molar-refractivity contribution is 9.10. The molecule has 0 aliphatic carbocycles. The van der Waals surface area contributed by atoms with E-state index in [1.54, 1.807) is 13.0 Å². The normalized spacial score (nSPS) is 13.0. The molecule has 0 amide bonds. The van der Waals surface area contributed by atoms with Gasteiger partial charge in [-0.3, -0.25) is 0 Å². The quantitative estimate of drug-likeness (QED) is 0.852. The minimum Gasteiger partial charge on any atom is -0.330 e. The second kappa shape index (κ2) is 4.20. The standard InChI is InChI=1S/C10H13BrFN/c1-6-3-4-8(7(2)5-13)9(11)10(6)12/h3-4,7H,5,13H2,1-2H3. The number of aryl methyl sites for hydroxylation is 1. The van der Waals surface area contributed by atoms with E-state index in [0.29, 0.717) is 16.6 Å². The van der Waals surface area contributed by atoms with Crippen molar-refractivity contribution < 1.29 is 4.39 Å². The lowest BCUT2D eigenvalue weighted by molar-refractivity contribution is 0.604. The first kappa shape index (κ1) is 10.7. The third-order valence-electron chi connectivity index (χ3n) is 2.19. The van der Waals surface area contributed by atoms with Gasteiger partial charge in [0.25, 0.3) is 0 Å². The second-order valence-corrected chi connectivity index (χ2v) is 4.03. The SMILES string of the molecule is Cc1ccc(C(C)CN)c(Br)c1F. The van der Waals surface area contributed by atoms with Crippen LogP contribution < -0.4 is 5.73 Å². The first-order valence-electron chi connectivity index (χ1n) is 4.22. The van der Waals surface area contributed by atoms with E-state index in [2.05, 4.69) is 15.9 Å². The number of hydrogen-bond donors (Lipinski definition) is 1. The van der Waals surface area contributed by atoms with E-state index in [-0.39, 0.29) is 11.7 Å². The van der Waals surface area contributed by atoms with Gasteiger partial charge >= 0.3 is 0 Å². The fraction of sp³-hybridized carbons (Fsp3) is 0.400. The first-order chi connectivity index (χ1) is 6.07. The van der Waals surface area contributed by atoms with Gasteiger partial charge in [-0.15, -0.1) is 0 Å². The Kier molecular flexibility index (Phi) is 3.45. The van der Waals surface area contributed by atoms with Crippen LogP contribution in [0.4, 0.5) is 4.39 Å². The fourth-order valence-corrected chi connectivity index (χ4v) is 2.00. The number of rotatable bonds is 2. The highest BCUT2D eigenvalue weighted by atomic mass is 79.9. The molecule has 3 heteroatoms. The third kappa shape index (κ3) is 2.09. The summed E-state index contributed by atoms with van der Waals surface area (Å²) in [6, 6.07) is 3.70. The van der Waals surface area contributed by atoms with Crippen LogP contribution in [-0.2, 0) is 0 Å². The molecule has 1 nitrogen and oxygen atoms in total. The number of hydrogen-bond acceptors (Lipinski definition) is 1. The van der Waals surface area contributed by atoms with E-state index >= 15 is 0 Å². The fourth-order valence-electron chi connectivity index (χ4n) is 1.17. The maximum Gasteiger partial charge on any atom is 0.140 e. The third-order valence-corrected chi connectivity index (χ3v) is 3.00. The van der Waals surface area contributed by atoms with Crippen molar-refractivity contribution in [3.63, 3.8) is 0 Å². The van der Waals surface area contributed by atoms with Crippen molar-refractivity contribution in [2.75, 3.05) is 6.54 Å². The molecule has 1 rings (SSSR count). The highest BCUT2D eigenvalue weighted by Crippen LogP contribution is 2.28. The van der Waals surface area contributed by atoms with Gasteiger partial charge in [0.1, 0.15) is 5.82 Å². The molecule has 0 aromatic heterocycles. The van der Waals surface area contributed by atoms with Crippen molar-refractivity contribution >= 4 is 15.9 Å². The molecular weight excluding hydrogens is 233 g/mol. The average Bonchev–Trinajstić information content (AvgIpc) is 2.13. The molecule has 0 bridgehead atoms. The summed E-state index contributed by atoms with van der Waals surface area (Å²) in [7, 11) is 0. The Hall–Kier alpha value is -0.410. The Morgan fingerprint density at radius 3 is 2.69 bits per heavy atom. The summed E-state index contributed by atoms with van der Waals surface area (Å²) < 4.78 is 13.9. The van der Waals surface area contributed by atoms with E-state index in [0.717, 1.165) is 5.56 Å². The van der Waals surface area contributed by atoms with Crippen molar-refractivity contribution in [1.82, 2.24) is 0 Å². The molecule has 1 unspecified atom stereocenters. The van der Waals surface area contributed by atoms with Crippen LogP contribution in [0.1, 0.15) is 24.0 Å². The average molecular weight is 246 g/mol. The largest absolute Gasteiger partial charge is 0.330 e. The second-order valence-electron chi connectivity index (χ2n) is 3.24. The van der Waals surface area contributed by atoms with Crippen molar-refractivity contribution in [2.45, 2.75) is 19.8 Å². The van der Waals surface area contributed by atoms with Gasteiger partial charge in [0, 0.05) is 0 Å². The summed E-state index contributed by atoms with van der Waals surface area (Å²) in [5.74, 6) is 0.00211. The molecule has 0 saturated heterocycles. The van der Waals surface area contributed by atoms with Gasteiger partial charge in [-0.05, 0) is 46.4 Å². The van der Waals surface area contributed by atoms with Crippen LogP contribution in [0, 0.1) is 12.7 Å². The first-order valence-corrected chi connectivity index (χ1v) is 5.01. The van der Waals surface area contributed by atoms with Gasteiger partial charge < -0.3 is 5.73 Å². The summed E-state index contributed by atoms with van der Waals surface area (Å²) >= 11 is 3.24. The van der Waals surface area contributed by atoms with Crippen molar-refractivity contribution in [1.29, 1.82) is 0 Å². The molecule has 2 N–H and O–H groups in total. The molecule has 13 heavy (non-hydrogen) atoms. The molecule has 0 radical (unpaired) electrons. The Balaban J connectivity index is 3.18. The van der Waals surface area contributed by atoms with Gasteiger partial charge in [0.05, 0.1) is 4.47 Å². The van der Waals surface area contributed by atoms with Gasteiger partial charge in [-0.2, -0.15) is 0 Å². The molecule has 1 aromatic carbocycles. The van der Waals surface area contributed by atoms with Gasteiger partial charge in [-0.1, -0.05) is 19.1 Å². The zero-order valence-corrected chi connectivity index (χ0v) is 9.36. The van der Waals surface area contributed by atoms with Crippen LogP contribution in [0.2, 0.25) is 0 Å². The minimum absolute atomic E-state index is 0.183. The lowest BCUT2D eigenvalue weighted by atomic mass is 10.00. The predicted octanol–water partition coefficient (Wildman–Crippen LogP) is 2.96. The molecule has 0 aliphatic heterocycles. The minimum atomic E-state index is -0.183. The highest BCUT2D eigenvalue weighted by Gasteiger charge is 2.12. The zero-order chi connectivity index (χ0) is 10.0. The van der Waals surface area contributed by atoms with Crippen LogP contribution in [0.5, 0.6) is 0 Å². The monoisotopic (exact) mass is 245 g/mol. The zero-order valence-electron chi connectivity index (χ0n) is 7.77. The summed E-state index contributed by atoms with van der Waals surface area (Å²) in [4.78, 5) is 0. The van der Waals surface area contributed by atoms with Crippen LogP contribution in [0.3, 0.4) is 0 Å². The molecule has 0 aliphatic rings. The van der Waals surface area contributed by atoms with Gasteiger partial charge in [0.15, 0.2) is 0 Å². The van der Waals surface area contributed by atoms with Crippen molar-refractivity contribution in [3.05, 3.63) is 33.5 Å². The Bertz CT molecular complexity index is 312. The van der Waals surface area contributed by atoms with Crippen LogP contribution in [0.15, 0.2) is 16.6 Å². The summed E-state index contributed by atoms with van der Waals surface area (Å²) in [6.07, 6.45) is 0. The summed E-state index contributed by atoms with van der Waals surface area (Å²) in [6.45, 7) is 4.26. The number of nitrogens with two attached hydrogens (primary N) is 1. The van der Waals surface area contributed by atoms with Crippen LogP contribution in [-0.4, -0.2) is 6.54 Å². The van der Waals surface area contributed by atoms with E-state index in [9.17, 15) is 4.39 Å². The molecule has 1 atom stereocenters. The number of benzene rings is 1. The summed E-state index contributed by atoms with van der Waals surface area (Å²) in [5, 5.41) is 0. The lowest BCUT2D eigenvalue weighted by Gasteiger charge is -2.12. The Morgan fingerprint density at radius 1 is 1.54 bits per heavy atom. The van der Waals surface area contributed by atoms with E-state index in [1.807, 2.05) is 13.0 Å². The van der Waals surface area contributed by atoms with E-state index in [4.69, 9.17) is 5.73 Å². The molecule has 0 fully saturated rings. The Labute approximate surface area is 86.3 Å². The molecule has 72 valence electrons. The maximum absolute atomic E-state index is 13.4. The molecule has 0 spiro atoms. The van der Waals surface area contributed by atoms with Crippen molar-refractivity contribution in [2.24, 2.45) is 5.73 Å². The maximum atomic E-state index is 13.4.